The number of aliphatic hydroxyl groups is 1. The molecule has 0 rings (SSSR count). The van der Waals surface area contributed by atoms with Crippen LogP contribution in [-0.2, 0) is 28.6 Å². The van der Waals surface area contributed by atoms with Gasteiger partial charge in [-0.25, -0.2) is 0 Å². The standard InChI is InChI=1S/C17H30O8/c1-6-16(2,3)15(22)25-10-12(18)9-24-13(19)7-8-23-11-17(4,5)14(20)21/h12,18H,6-11H2,1-5H3,(H,20,21). The van der Waals surface area contributed by atoms with Gasteiger partial charge in [0, 0.05) is 0 Å². The van der Waals surface area contributed by atoms with Crippen LogP contribution < -0.4 is 0 Å². The Hall–Kier alpha value is -1.67. The van der Waals surface area contributed by atoms with Gasteiger partial charge >= 0.3 is 17.9 Å². The highest BCUT2D eigenvalue weighted by atomic mass is 16.6. The molecule has 1 atom stereocenters. The van der Waals surface area contributed by atoms with Gasteiger partial charge in [0.25, 0.3) is 0 Å². The smallest absolute Gasteiger partial charge is 0.311 e. The van der Waals surface area contributed by atoms with Crippen LogP contribution in [0.1, 0.15) is 47.5 Å². The van der Waals surface area contributed by atoms with Gasteiger partial charge in [0.1, 0.15) is 19.3 Å². The van der Waals surface area contributed by atoms with Crippen molar-refractivity contribution in [2.75, 3.05) is 26.4 Å². The van der Waals surface area contributed by atoms with Gasteiger partial charge in [0.2, 0.25) is 0 Å². The van der Waals surface area contributed by atoms with Crippen molar-refractivity contribution in [2.45, 2.75) is 53.6 Å². The summed E-state index contributed by atoms with van der Waals surface area (Å²) in [5.41, 5.74) is -1.66. The van der Waals surface area contributed by atoms with E-state index in [0.29, 0.717) is 6.42 Å². The van der Waals surface area contributed by atoms with E-state index in [-0.39, 0.29) is 32.8 Å². The van der Waals surface area contributed by atoms with Gasteiger partial charge in [0.05, 0.1) is 30.5 Å². The molecule has 0 aliphatic heterocycles. The van der Waals surface area contributed by atoms with Gasteiger partial charge in [-0.2, -0.15) is 0 Å². The SMILES string of the molecule is CCC(C)(C)C(=O)OCC(O)COC(=O)CCOCC(C)(C)C(=O)O. The molecule has 0 aliphatic carbocycles. The Labute approximate surface area is 148 Å². The van der Waals surface area contributed by atoms with E-state index in [1.54, 1.807) is 13.8 Å². The maximum absolute atomic E-state index is 11.7. The lowest BCUT2D eigenvalue weighted by molar-refractivity contribution is -0.160. The summed E-state index contributed by atoms with van der Waals surface area (Å²) in [6.07, 6.45) is -0.562. The molecule has 0 amide bonds. The predicted octanol–water partition coefficient (Wildman–Crippen LogP) is 1.39. The number of carbonyl (C=O) groups is 3. The average molecular weight is 362 g/mol. The van der Waals surface area contributed by atoms with E-state index in [9.17, 15) is 19.5 Å². The summed E-state index contributed by atoms with van der Waals surface area (Å²) in [6.45, 7) is 7.83. The molecule has 0 saturated carbocycles. The fourth-order valence-corrected chi connectivity index (χ4v) is 1.37. The highest BCUT2D eigenvalue weighted by Crippen LogP contribution is 2.21. The lowest BCUT2D eigenvalue weighted by Gasteiger charge is -2.21. The molecule has 0 aromatic heterocycles. The topological polar surface area (TPSA) is 119 Å². The quantitative estimate of drug-likeness (QED) is 0.395. The Balaban J connectivity index is 3.92. The van der Waals surface area contributed by atoms with Crippen molar-refractivity contribution in [1.29, 1.82) is 0 Å². The predicted molar refractivity (Wildman–Crippen MR) is 88.8 cm³/mol. The van der Waals surface area contributed by atoms with Crippen LogP contribution in [0.15, 0.2) is 0 Å². The highest BCUT2D eigenvalue weighted by molar-refractivity contribution is 5.75. The van der Waals surface area contributed by atoms with Gasteiger partial charge < -0.3 is 24.4 Å². The van der Waals surface area contributed by atoms with Crippen molar-refractivity contribution >= 4 is 17.9 Å². The van der Waals surface area contributed by atoms with E-state index in [1.807, 2.05) is 6.92 Å². The van der Waals surface area contributed by atoms with Crippen molar-refractivity contribution in [2.24, 2.45) is 10.8 Å². The Morgan fingerprint density at radius 2 is 1.56 bits per heavy atom. The Morgan fingerprint density at radius 1 is 1.00 bits per heavy atom. The van der Waals surface area contributed by atoms with Crippen molar-refractivity contribution < 1.29 is 38.8 Å². The minimum Gasteiger partial charge on any atom is -0.481 e. The van der Waals surface area contributed by atoms with Crippen molar-refractivity contribution in [3.8, 4) is 0 Å². The van der Waals surface area contributed by atoms with E-state index >= 15 is 0 Å². The van der Waals surface area contributed by atoms with Crippen LogP contribution in [0.25, 0.3) is 0 Å². The first kappa shape index (κ1) is 23.3. The number of esters is 2. The van der Waals surface area contributed by atoms with Crippen molar-refractivity contribution in [3.05, 3.63) is 0 Å². The summed E-state index contributed by atoms with van der Waals surface area (Å²) in [7, 11) is 0. The molecule has 2 N–H and O–H groups in total. The van der Waals surface area contributed by atoms with E-state index in [2.05, 4.69) is 0 Å². The maximum atomic E-state index is 11.7. The third kappa shape index (κ3) is 9.40. The second-order valence-electron chi connectivity index (χ2n) is 7.16. The summed E-state index contributed by atoms with van der Waals surface area (Å²) in [4.78, 5) is 34.1. The number of ether oxygens (including phenoxy) is 3. The lowest BCUT2D eigenvalue weighted by Crippen LogP contribution is -2.31. The zero-order valence-electron chi connectivity index (χ0n) is 15.7. The average Bonchev–Trinajstić information content (AvgIpc) is 2.54. The molecule has 25 heavy (non-hydrogen) atoms. The molecule has 8 heteroatoms. The first-order chi connectivity index (χ1) is 11.4. The van der Waals surface area contributed by atoms with Gasteiger partial charge in [0.15, 0.2) is 0 Å². The molecule has 0 fully saturated rings. The van der Waals surface area contributed by atoms with Gasteiger partial charge in [-0.1, -0.05) is 6.92 Å². The van der Waals surface area contributed by atoms with Crippen LogP contribution in [0.4, 0.5) is 0 Å². The zero-order valence-corrected chi connectivity index (χ0v) is 15.7. The molecule has 0 aromatic carbocycles. The maximum Gasteiger partial charge on any atom is 0.311 e. The molecule has 0 bridgehead atoms. The summed E-state index contributed by atoms with van der Waals surface area (Å²) in [5.74, 6) is -2.00. The fraction of sp³-hybridized carbons (Fsp3) is 0.824. The summed E-state index contributed by atoms with van der Waals surface area (Å²) >= 11 is 0. The number of aliphatic carboxylic acids is 1. The number of aliphatic hydroxyl groups excluding tert-OH is 1. The van der Waals surface area contributed by atoms with Crippen LogP contribution >= 0.6 is 0 Å². The minimum absolute atomic E-state index is 0.0192. The van der Waals surface area contributed by atoms with E-state index in [0.717, 1.165) is 0 Å². The van der Waals surface area contributed by atoms with Crippen LogP contribution in [0.5, 0.6) is 0 Å². The molecule has 0 radical (unpaired) electrons. The number of carboxylic acid groups (broad SMARTS) is 1. The summed E-state index contributed by atoms with van der Waals surface area (Å²) in [5, 5.41) is 18.6. The molecule has 8 nitrogen and oxygen atoms in total. The van der Waals surface area contributed by atoms with Gasteiger partial charge in [-0.3, -0.25) is 14.4 Å². The van der Waals surface area contributed by atoms with Gasteiger partial charge in [-0.05, 0) is 34.1 Å². The molecule has 0 aromatic rings. The second-order valence-corrected chi connectivity index (χ2v) is 7.16. The number of hydrogen-bond donors (Lipinski definition) is 2. The largest absolute Gasteiger partial charge is 0.481 e. The van der Waals surface area contributed by atoms with Crippen molar-refractivity contribution in [1.82, 2.24) is 0 Å². The van der Waals surface area contributed by atoms with Gasteiger partial charge in [-0.15, -0.1) is 0 Å². The number of hydrogen-bond acceptors (Lipinski definition) is 7. The normalized spacial score (nSPS) is 13.2. The fourth-order valence-electron chi connectivity index (χ4n) is 1.37. The first-order valence-electron chi connectivity index (χ1n) is 8.24. The zero-order chi connectivity index (χ0) is 19.7. The third-order valence-corrected chi connectivity index (χ3v) is 3.77. The second kappa shape index (κ2) is 10.4. The lowest BCUT2D eigenvalue weighted by atomic mass is 9.91. The first-order valence-corrected chi connectivity index (χ1v) is 8.24. The number of rotatable bonds is 12. The molecular formula is C17H30O8. The van der Waals surface area contributed by atoms with E-state index in [1.165, 1.54) is 13.8 Å². The minimum atomic E-state index is -1.10. The Bertz CT molecular complexity index is 456. The van der Waals surface area contributed by atoms with Crippen LogP contribution in [0, 0.1) is 10.8 Å². The summed E-state index contributed by atoms with van der Waals surface area (Å²) < 4.78 is 15.0. The Morgan fingerprint density at radius 3 is 2.08 bits per heavy atom. The molecular weight excluding hydrogens is 332 g/mol. The molecule has 0 heterocycles. The number of carboxylic acids is 1. The van der Waals surface area contributed by atoms with Crippen LogP contribution in [0.2, 0.25) is 0 Å². The molecule has 0 saturated heterocycles. The highest BCUT2D eigenvalue weighted by Gasteiger charge is 2.28. The summed E-state index contributed by atoms with van der Waals surface area (Å²) in [6, 6.07) is 0. The molecule has 146 valence electrons. The van der Waals surface area contributed by atoms with E-state index < -0.39 is 34.8 Å². The third-order valence-electron chi connectivity index (χ3n) is 3.77. The van der Waals surface area contributed by atoms with Crippen LogP contribution in [-0.4, -0.2) is 60.7 Å². The monoisotopic (exact) mass is 362 g/mol. The Kier molecular flexibility index (Phi) is 9.66. The van der Waals surface area contributed by atoms with E-state index in [4.69, 9.17) is 19.3 Å². The molecule has 0 spiro atoms. The number of carbonyl (C=O) groups excluding carboxylic acids is 2. The molecule has 0 aliphatic rings. The molecule has 1 unspecified atom stereocenters. The van der Waals surface area contributed by atoms with Crippen molar-refractivity contribution in [3.63, 3.8) is 0 Å². The van der Waals surface area contributed by atoms with Crippen LogP contribution in [0.3, 0.4) is 0 Å².